The van der Waals surface area contributed by atoms with Crippen molar-refractivity contribution < 1.29 is 48.6 Å². The number of carbonyl (C=O) groups is 8. The Kier molecular flexibility index (Phi) is 15.7. The number of aliphatic imine (C=N–C) groups is 1. The average Bonchev–Trinajstić information content (AvgIpc) is 3.28. The number of imide groups is 1. The second-order valence-electron chi connectivity index (χ2n) is 12.1. The SMILES string of the molecule is CC(C)C[C@H](C(=O)N1CCN([C@@H](CNC=O)C(=O)C[C@@H](CCCN=C(N)N)C(=O)NCCC(=O)O)CC1)N1C(=O)N[C@@H](CC(=O)O)C1=O. The van der Waals surface area contributed by atoms with Gasteiger partial charge in [-0.15, -0.1) is 0 Å². The summed E-state index contributed by atoms with van der Waals surface area (Å²) in [5.41, 5.74) is 10.7. The molecule has 0 bridgehead atoms. The minimum Gasteiger partial charge on any atom is -0.481 e. The van der Waals surface area contributed by atoms with E-state index in [0.29, 0.717) is 12.8 Å². The second-order valence-corrected chi connectivity index (χ2v) is 12.1. The van der Waals surface area contributed by atoms with E-state index in [4.69, 9.17) is 21.7 Å². The molecule has 2 fully saturated rings. The number of hydrogen-bond acceptors (Lipinski definition) is 10. The average molecular weight is 682 g/mol. The van der Waals surface area contributed by atoms with Gasteiger partial charge in [0, 0.05) is 58.2 Å². The number of nitrogens with two attached hydrogens (primary N) is 2. The molecule has 2 aliphatic heterocycles. The van der Waals surface area contributed by atoms with Gasteiger partial charge in [-0.05, 0) is 25.2 Å². The second kappa shape index (κ2) is 19.1. The molecular weight excluding hydrogens is 634 g/mol. The van der Waals surface area contributed by atoms with Crippen molar-refractivity contribution in [2.24, 2.45) is 28.3 Å². The number of guanidine groups is 1. The van der Waals surface area contributed by atoms with E-state index in [1.165, 1.54) is 4.90 Å². The molecule has 0 aromatic carbocycles. The monoisotopic (exact) mass is 681 g/mol. The van der Waals surface area contributed by atoms with Gasteiger partial charge in [0.05, 0.1) is 18.9 Å². The van der Waals surface area contributed by atoms with Gasteiger partial charge in [-0.25, -0.2) is 9.69 Å². The molecule has 0 aromatic heterocycles. The Balaban J connectivity index is 2.16. The van der Waals surface area contributed by atoms with Crippen LogP contribution in [0.4, 0.5) is 4.79 Å². The van der Waals surface area contributed by atoms with Gasteiger partial charge in [0.25, 0.3) is 5.91 Å². The molecule has 2 heterocycles. The van der Waals surface area contributed by atoms with Crippen LogP contribution < -0.4 is 27.4 Å². The molecule has 0 saturated carbocycles. The van der Waals surface area contributed by atoms with Crippen LogP contribution in [0.3, 0.4) is 0 Å². The van der Waals surface area contributed by atoms with Gasteiger partial charge in [0.2, 0.25) is 18.2 Å². The van der Waals surface area contributed by atoms with E-state index in [2.05, 4.69) is 20.9 Å². The lowest BCUT2D eigenvalue weighted by Gasteiger charge is -2.40. The van der Waals surface area contributed by atoms with Crippen molar-refractivity contribution in [3.8, 4) is 0 Å². The van der Waals surface area contributed by atoms with E-state index >= 15 is 0 Å². The lowest BCUT2D eigenvalue weighted by atomic mass is 9.92. The number of aliphatic carboxylic acids is 2. The first kappa shape index (κ1) is 39.4. The highest BCUT2D eigenvalue weighted by Crippen LogP contribution is 2.23. The first-order valence-corrected chi connectivity index (χ1v) is 15.8. The molecule has 0 aromatic rings. The molecule has 0 radical (unpaired) electrons. The van der Waals surface area contributed by atoms with Gasteiger partial charge in [-0.3, -0.25) is 43.5 Å². The van der Waals surface area contributed by atoms with Crippen LogP contribution in [0.25, 0.3) is 0 Å². The van der Waals surface area contributed by atoms with Gasteiger partial charge in [-0.2, -0.15) is 0 Å². The fourth-order valence-electron chi connectivity index (χ4n) is 5.68. The van der Waals surface area contributed by atoms with Crippen molar-refractivity contribution in [2.75, 3.05) is 45.8 Å². The van der Waals surface area contributed by atoms with Crippen LogP contribution in [-0.4, -0.2) is 143 Å². The van der Waals surface area contributed by atoms with E-state index in [9.17, 15) is 38.4 Å². The summed E-state index contributed by atoms with van der Waals surface area (Å²) in [7, 11) is 0. The first-order valence-electron chi connectivity index (χ1n) is 15.8. The summed E-state index contributed by atoms with van der Waals surface area (Å²) in [5, 5.41) is 25.4. The number of nitrogens with zero attached hydrogens (tertiary/aromatic N) is 4. The fourth-order valence-corrected chi connectivity index (χ4v) is 5.68. The molecule has 0 unspecified atom stereocenters. The van der Waals surface area contributed by atoms with Crippen LogP contribution in [0.5, 0.6) is 0 Å². The largest absolute Gasteiger partial charge is 0.481 e. The number of ketones is 1. The molecule has 2 saturated heterocycles. The maximum atomic E-state index is 13.7. The summed E-state index contributed by atoms with van der Waals surface area (Å²) in [5.74, 6) is -5.55. The molecule has 48 heavy (non-hydrogen) atoms. The van der Waals surface area contributed by atoms with E-state index < -0.39 is 66.2 Å². The Morgan fingerprint density at radius 3 is 2.27 bits per heavy atom. The molecule has 2 rings (SSSR count). The number of amides is 6. The Labute approximate surface area is 277 Å². The molecule has 9 N–H and O–H groups in total. The quantitative estimate of drug-likeness (QED) is 0.0213. The van der Waals surface area contributed by atoms with Gasteiger partial charge in [-0.1, -0.05) is 13.8 Å². The molecule has 0 aliphatic carbocycles. The van der Waals surface area contributed by atoms with Crippen LogP contribution in [0.2, 0.25) is 0 Å². The predicted molar refractivity (Wildman–Crippen MR) is 169 cm³/mol. The van der Waals surface area contributed by atoms with Crippen molar-refractivity contribution in [1.82, 2.24) is 30.7 Å². The smallest absolute Gasteiger partial charge is 0.325 e. The maximum absolute atomic E-state index is 13.7. The van der Waals surface area contributed by atoms with Crippen molar-refractivity contribution in [1.29, 1.82) is 0 Å². The lowest BCUT2D eigenvalue weighted by molar-refractivity contribution is -0.145. The molecule has 6 amide bonds. The lowest BCUT2D eigenvalue weighted by Crippen LogP contribution is -2.60. The van der Waals surface area contributed by atoms with Crippen molar-refractivity contribution in [3.05, 3.63) is 0 Å². The van der Waals surface area contributed by atoms with Crippen LogP contribution in [0, 0.1) is 11.8 Å². The third-order valence-corrected chi connectivity index (χ3v) is 8.02. The van der Waals surface area contributed by atoms with Crippen molar-refractivity contribution in [3.63, 3.8) is 0 Å². The minimum absolute atomic E-state index is 0.0684. The van der Waals surface area contributed by atoms with Gasteiger partial charge in [0.1, 0.15) is 12.1 Å². The number of carboxylic acids is 2. The number of nitrogens with one attached hydrogen (secondary N) is 3. The molecular formula is C29H47N9O10. The summed E-state index contributed by atoms with van der Waals surface area (Å²) in [6.07, 6.45) is 0.0576. The Morgan fingerprint density at radius 1 is 1.04 bits per heavy atom. The zero-order valence-corrected chi connectivity index (χ0v) is 27.3. The van der Waals surface area contributed by atoms with E-state index in [-0.39, 0.29) is 89.2 Å². The Bertz CT molecular complexity index is 1230. The van der Waals surface area contributed by atoms with Crippen molar-refractivity contribution in [2.45, 2.75) is 70.5 Å². The number of Topliss-reactive ketones (excluding diaryl/α,β-unsaturated/α-hetero) is 1. The van der Waals surface area contributed by atoms with Crippen LogP contribution in [-0.2, 0) is 33.6 Å². The topological polar surface area (TPSA) is 287 Å². The maximum Gasteiger partial charge on any atom is 0.325 e. The van der Waals surface area contributed by atoms with Gasteiger partial charge >= 0.3 is 18.0 Å². The van der Waals surface area contributed by atoms with Gasteiger partial charge < -0.3 is 42.5 Å². The third kappa shape index (κ3) is 12.1. The van der Waals surface area contributed by atoms with Crippen LogP contribution in [0.1, 0.15) is 52.4 Å². The van der Waals surface area contributed by atoms with E-state index in [1.54, 1.807) is 4.90 Å². The summed E-state index contributed by atoms with van der Waals surface area (Å²) < 4.78 is 0. The van der Waals surface area contributed by atoms with Crippen molar-refractivity contribution >= 4 is 53.8 Å². The zero-order valence-electron chi connectivity index (χ0n) is 27.3. The number of piperazine rings is 1. The van der Waals surface area contributed by atoms with Crippen LogP contribution in [0.15, 0.2) is 4.99 Å². The third-order valence-electron chi connectivity index (χ3n) is 8.02. The normalized spacial score (nSPS) is 18.4. The Morgan fingerprint density at radius 2 is 1.71 bits per heavy atom. The highest BCUT2D eigenvalue weighted by Gasteiger charge is 2.47. The highest BCUT2D eigenvalue weighted by atomic mass is 16.4. The summed E-state index contributed by atoms with van der Waals surface area (Å²) in [4.78, 5) is 107. The molecule has 19 heteroatoms. The number of urea groups is 1. The number of carboxylic acid groups (broad SMARTS) is 2. The summed E-state index contributed by atoms with van der Waals surface area (Å²) >= 11 is 0. The summed E-state index contributed by atoms with van der Waals surface area (Å²) in [6, 6.07) is -4.12. The van der Waals surface area contributed by atoms with Gasteiger partial charge in [0.15, 0.2) is 11.7 Å². The molecule has 4 atom stereocenters. The number of rotatable bonds is 21. The summed E-state index contributed by atoms with van der Waals surface area (Å²) in [6.45, 7) is 4.30. The molecule has 2 aliphatic rings. The van der Waals surface area contributed by atoms with Crippen LogP contribution >= 0.6 is 0 Å². The standard InChI is InChI=1S/C29H47N9O10/c1-17(2)12-20(38-26(46)19(14-24(43)44)35-29(38)48)27(47)37-10-8-36(9-11-37)21(15-32-16-39)22(40)13-18(4-3-6-34-28(30)31)25(45)33-7-5-23(41)42/h16-21H,3-15H2,1-2H3,(H,32,39)(H,33,45)(H,35,48)(H,41,42)(H,43,44)(H4,30,31,34)/t18-,19+,20-,21+/m1/s1. The number of carbonyl (C=O) groups excluding carboxylic acids is 6. The fraction of sp³-hybridized carbons (Fsp3) is 0.690. The molecule has 0 spiro atoms. The number of hydrogen-bond donors (Lipinski definition) is 7. The molecule has 268 valence electrons. The zero-order chi connectivity index (χ0) is 36.0. The van der Waals surface area contributed by atoms with E-state index in [0.717, 1.165) is 4.90 Å². The molecule has 19 nitrogen and oxygen atoms in total. The highest BCUT2D eigenvalue weighted by molar-refractivity contribution is 6.08. The Hall–Kier alpha value is -4.81. The minimum atomic E-state index is -1.28. The van der Waals surface area contributed by atoms with E-state index in [1.807, 2.05) is 13.8 Å². The first-order chi connectivity index (χ1) is 22.7. The predicted octanol–water partition coefficient (Wildman–Crippen LogP) is -2.73.